The fraction of sp³-hybridized carbons (Fsp3) is 0.672. The number of hydrogen-bond donors (Lipinski definition) is 2. The van der Waals surface area contributed by atoms with Gasteiger partial charge in [0.25, 0.3) is 0 Å². The molecule has 3 atom stereocenters. The van der Waals surface area contributed by atoms with Crippen LogP contribution in [-0.4, -0.2) is 66.5 Å². The van der Waals surface area contributed by atoms with E-state index in [1.165, 1.54) is 70.6 Å². The molecule has 0 aromatic rings. The quantitative estimate of drug-likeness (QED) is 0.0197. The Morgan fingerprint density at radius 2 is 0.737 bits per heavy atom. The molecule has 0 saturated heterocycles. The number of carbonyl (C=O) groups excluding carboxylic acids is 3. The van der Waals surface area contributed by atoms with Crippen molar-refractivity contribution in [3.05, 3.63) is 109 Å². The highest BCUT2D eigenvalue weighted by molar-refractivity contribution is 7.47. The van der Waals surface area contributed by atoms with Crippen LogP contribution in [0, 0.1) is 0 Å². The molecule has 0 amide bonds. The van der Waals surface area contributed by atoms with E-state index < -0.39 is 57.8 Å². The molecule has 12 heteroatoms. The van der Waals surface area contributed by atoms with Crippen molar-refractivity contribution >= 4 is 25.7 Å². The molecule has 434 valence electrons. The zero-order chi connectivity index (χ0) is 55.5. The number of rotatable bonds is 54. The third-order valence-electron chi connectivity index (χ3n) is 12.2. The molecule has 0 aliphatic rings. The maximum absolute atomic E-state index is 12.9. The number of ether oxygens (including phenoxy) is 3. The molecule has 76 heavy (non-hydrogen) atoms. The van der Waals surface area contributed by atoms with E-state index in [0.29, 0.717) is 19.3 Å². The summed E-state index contributed by atoms with van der Waals surface area (Å²) in [6.07, 6.45) is 69.3. The van der Waals surface area contributed by atoms with Crippen LogP contribution in [0.5, 0.6) is 0 Å². The van der Waals surface area contributed by atoms with Crippen LogP contribution in [-0.2, 0) is 42.2 Å². The minimum absolute atomic E-state index is 0.0599. The molecule has 0 spiro atoms. The summed E-state index contributed by atoms with van der Waals surface area (Å²) in [4.78, 5) is 48.6. The van der Waals surface area contributed by atoms with Gasteiger partial charge in [-0.25, -0.2) is 4.57 Å². The molecule has 0 aliphatic carbocycles. The van der Waals surface area contributed by atoms with Crippen molar-refractivity contribution in [2.75, 3.05) is 26.4 Å². The molecule has 0 radical (unpaired) electrons. The summed E-state index contributed by atoms with van der Waals surface area (Å²) in [7, 11) is -4.78. The fourth-order valence-corrected chi connectivity index (χ4v) is 8.52. The van der Waals surface area contributed by atoms with E-state index in [2.05, 4.69) is 106 Å². The van der Waals surface area contributed by atoms with Gasteiger partial charge in [-0.2, -0.15) is 0 Å². The third kappa shape index (κ3) is 54.9. The molecular weight excluding hydrogens is 976 g/mol. The van der Waals surface area contributed by atoms with Gasteiger partial charge in [-0.05, 0) is 103 Å². The number of allylic oxidation sites excluding steroid dienone is 17. The molecule has 0 fully saturated rings. The van der Waals surface area contributed by atoms with Gasteiger partial charge in [0.1, 0.15) is 12.7 Å². The van der Waals surface area contributed by atoms with E-state index in [9.17, 15) is 28.9 Å². The molecule has 0 bridgehead atoms. The zero-order valence-corrected chi connectivity index (χ0v) is 48.8. The summed E-state index contributed by atoms with van der Waals surface area (Å²) < 4.78 is 39.4. The van der Waals surface area contributed by atoms with Crippen molar-refractivity contribution in [3.63, 3.8) is 0 Å². The molecule has 3 unspecified atom stereocenters. The predicted molar refractivity (Wildman–Crippen MR) is 316 cm³/mol. The summed E-state index contributed by atoms with van der Waals surface area (Å²) in [6, 6.07) is 0. The Bertz CT molecular complexity index is 1690. The summed E-state index contributed by atoms with van der Waals surface area (Å²) >= 11 is 0. The van der Waals surface area contributed by atoms with Gasteiger partial charge >= 0.3 is 25.7 Å². The Balaban J connectivity index is 4.83. The van der Waals surface area contributed by atoms with Crippen molar-refractivity contribution in [2.24, 2.45) is 0 Å². The largest absolute Gasteiger partial charge is 0.472 e. The second kappa shape index (κ2) is 57.3. The lowest BCUT2D eigenvalue weighted by atomic mass is 10.1. The highest BCUT2D eigenvalue weighted by Crippen LogP contribution is 2.43. The second-order valence-corrected chi connectivity index (χ2v) is 20.9. The first-order chi connectivity index (χ1) is 37.2. The Morgan fingerprint density at radius 3 is 1.17 bits per heavy atom. The van der Waals surface area contributed by atoms with Crippen LogP contribution in [0.3, 0.4) is 0 Å². The number of unbranched alkanes of at least 4 members (excludes halogenated alkanes) is 20. The van der Waals surface area contributed by atoms with Crippen LogP contribution < -0.4 is 0 Å². The molecule has 2 N–H and O–H groups in total. The van der Waals surface area contributed by atoms with Gasteiger partial charge in [-0.3, -0.25) is 23.4 Å². The molecule has 0 aromatic heterocycles. The average molecular weight is 1080 g/mol. The minimum Gasteiger partial charge on any atom is -0.462 e. The Morgan fingerprint density at radius 1 is 0.395 bits per heavy atom. The molecule has 0 rings (SSSR count). The van der Waals surface area contributed by atoms with Crippen LogP contribution in [0.1, 0.15) is 239 Å². The Hall–Kier alpha value is -3.86. The SMILES string of the molecule is CC/C=C\C/C=C\C/C=C\C/C=C\C/C=C\CC(=O)OC(CO)COP(=O)(O)OCC(COC(=O)CCCCCCCCC/C=C\C/C=C\C/C=C\CC)OC(=O)CCCCCCCCC/C=C\CCCCCCCC. The lowest BCUT2D eigenvalue weighted by molar-refractivity contribution is -0.161. The first kappa shape index (κ1) is 72.1. The molecular formula is C64H107O11P. The van der Waals surface area contributed by atoms with Gasteiger partial charge in [0, 0.05) is 12.8 Å². The number of carbonyl (C=O) groups is 3. The van der Waals surface area contributed by atoms with Gasteiger partial charge in [-0.1, -0.05) is 226 Å². The van der Waals surface area contributed by atoms with Crippen LogP contribution >= 0.6 is 7.82 Å². The highest BCUT2D eigenvalue weighted by atomic mass is 31.2. The van der Waals surface area contributed by atoms with E-state index in [1.807, 2.05) is 18.2 Å². The van der Waals surface area contributed by atoms with E-state index >= 15 is 0 Å². The number of hydrogen-bond acceptors (Lipinski definition) is 10. The molecule has 0 heterocycles. The average Bonchev–Trinajstić information content (AvgIpc) is 3.41. The topological polar surface area (TPSA) is 155 Å². The van der Waals surface area contributed by atoms with Gasteiger partial charge in [0.05, 0.1) is 26.2 Å². The van der Waals surface area contributed by atoms with Crippen LogP contribution in [0.2, 0.25) is 0 Å². The van der Waals surface area contributed by atoms with Crippen molar-refractivity contribution in [1.29, 1.82) is 0 Å². The van der Waals surface area contributed by atoms with E-state index in [1.54, 1.807) is 6.08 Å². The third-order valence-corrected chi connectivity index (χ3v) is 13.1. The maximum Gasteiger partial charge on any atom is 0.472 e. The monoisotopic (exact) mass is 1080 g/mol. The van der Waals surface area contributed by atoms with Gasteiger partial charge < -0.3 is 24.2 Å². The van der Waals surface area contributed by atoms with Crippen LogP contribution in [0.25, 0.3) is 0 Å². The minimum atomic E-state index is -4.78. The zero-order valence-electron chi connectivity index (χ0n) is 47.9. The number of esters is 3. The lowest BCUT2D eigenvalue weighted by Crippen LogP contribution is -2.30. The second-order valence-electron chi connectivity index (χ2n) is 19.4. The van der Waals surface area contributed by atoms with Crippen molar-refractivity contribution in [2.45, 2.75) is 251 Å². The maximum atomic E-state index is 12.9. The van der Waals surface area contributed by atoms with Crippen LogP contribution in [0.15, 0.2) is 109 Å². The van der Waals surface area contributed by atoms with Gasteiger partial charge in [0.15, 0.2) is 6.10 Å². The van der Waals surface area contributed by atoms with Gasteiger partial charge in [-0.15, -0.1) is 0 Å². The standard InChI is InChI=1S/C64H107O11P/c1-4-7-10-13-16-19-22-25-28-30-33-35-38-41-44-47-50-53-62(66)71-57-61(75-64(68)55-52-49-46-43-40-37-34-31-29-26-23-20-17-14-11-8-5-2)59-73-76(69,70)72-58-60(56-65)74-63(67)54-51-48-45-42-39-36-32-27-24-21-18-15-12-9-6-3/h7,9-10,12,16,18-19,21,25-29,32,39,42,48,51,60-61,65H,4-6,8,11,13-15,17,20,22-24,30-31,33-38,40-41,43-47,49-50,52-59H2,1-3H3,(H,69,70)/b10-7-,12-9-,19-16-,21-18-,28-25-,29-26-,32-27-,42-39-,51-48-. The fourth-order valence-electron chi connectivity index (χ4n) is 7.73. The summed E-state index contributed by atoms with van der Waals surface area (Å²) in [6.45, 7) is 4.29. The number of phosphoric ester groups is 1. The first-order valence-corrected chi connectivity index (χ1v) is 31.3. The van der Waals surface area contributed by atoms with Crippen molar-refractivity contribution in [3.8, 4) is 0 Å². The highest BCUT2D eigenvalue weighted by Gasteiger charge is 2.28. The van der Waals surface area contributed by atoms with E-state index in [0.717, 1.165) is 109 Å². The molecule has 11 nitrogen and oxygen atoms in total. The Kier molecular flexibility index (Phi) is 54.4. The molecule has 0 saturated carbocycles. The van der Waals surface area contributed by atoms with Crippen molar-refractivity contribution < 1.29 is 52.2 Å². The normalized spacial score (nSPS) is 14.1. The summed E-state index contributed by atoms with van der Waals surface area (Å²) in [5, 5.41) is 9.80. The van der Waals surface area contributed by atoms with E-state index in [4.69, 9.17) is 23.3 Å². The predicted octanol–water partition coefficient (Wildman–Crippen LogP) is 17.8. The number of phosphoric acid groups is 1. The Labute approximate surface area is 463 Å². The van der Waals surface area contributed by atoms with Crippen LogP contribution in [0.4, 0.5) is 0 Å². The smallest absolute Gasteiger partial charge is 0.462 e. The molecule has 0 aliphatic heterocycles. The lowest BCUT2D eigenvalue weighted by Gasteiger charge is -2.21. The van der Waals surface area contributed by atoms with Gasteiger partial charge in [0.2, 0.25) is 0 Å². The summed E-state index contributed by atoms with van der Waals surface area (Å²) in [5.41, 5.74) is 0. The number of aliphatic hydroxyl groups excluding tert-OH is 1. The number of aliphatic hydroxyl groups is 1. The van der Waals surface area contributed by atoms with Crippen molar-refractivity contribution in [1.82, 2.24) is 0 Å². The molecule has 0 aromatic carbocycles. The summed E-state index contributed by atoms with van der Waals surface area (Å²) in [5.74, 6) is -1.62. The first-order valence-electron chi connectivity index (χ1n) is 29.8. The van der Waals surface area contributed by atoms with E-state index in [-0.39, 0.29) is 25.9 Å².